The van der Waals surface area contributed by atoms with Crippen LogP contribution in [0.4, 0.5) is 11.4 Å². The maximum Gasteiger partial charge on any atom is 0.292 e. The van der Waals surface area contributed by atoms with Crippen molar-refractivity contribution in [3.05, 3.63) is 51.0 Å². The summed E-state index contributed by atoms with van der Waals surface area (Å²) in [5.74, 6) is 0. The lowest BCUT2D eigenvalue weighted by Crippen LogP contribution is -2.07. The molecule has 88 valence electrons. The van der Waals surface area contributed by atoms with Crippen molar-refractivity contribution in [2.24, 2.45) is 0 Å². The Morgan fingerprint density at radius 1 is 1.47 bits per heavy atom. The topological polar surface area (TPSA) is 68.1 Å². The van der Waals surface area contributed by atoms with Crippen LogP contribution in [0.2, 0.25) is 0 Å². The predicted octanol–water partition coefficient (Wildman–Crippen LogP) is 3.22. The molecule has 0 radical (unpaired) electrons. The second kappa shape index (κ2) is 4.92. The van der Waals surface area contributed by atoms with Gasteiger partial charge in [-0.25, -0.2) is 4.98 Å². The molecule has 2 rings (SSSR count). The van der Waals surface area contributed by atoms with E-state index >= 15 is 0 Å². The number of aromatic nitrogens is 1. The summed E-state index contributed by atoms with van der Waals surface area (Å²) in [7, 11) is 0. The lowest BCUT2D eigenvalue weighted by atomic mass is 10.2. The molecule has 1 N–H and O–H groups in total. The summed E-state index contributed by atoms with van der Waals surface area (Å²) in [6.45, 7) is 1.93. The molecule has 1 unspecified atom stereocenters. The third-order valence-corrected chi connectivity index (χ3v) is 3.25. The third kappa shape index (κ3) is 2.59. The summed E-state index contributed by atoms with van der Waals surface area (Å²) >= 11 is 1.52. The smallest absolute Gasteiger partial charge is 0.292 e. The minimum Gasteiger partial charge on any atom is -0.371 e. The second-order valence-electron chi connectivity index (χ2n) is 3.51. The van der Waals surface area contributed by atoms with Gasteiger partial charge in [-0.15, -0.1) is 11.3 Å². The van der Waals surface area contributed by atoms with E-state index in [2.05, 4.69) is 10.3 Å². The average molecular weight is 249 g/mol. The van der Waals surface area contributed by atoms with Crippen LogP contribution < -0.4 is 5.32 Å². The monoisotopic (exact) mass is 249 g/mol. The molecule has 1 aromatic heterocycles. The van der Waals surface area contributed by atoms with Crippen LogP contribution in [0.3, 0.4) is 0 Å². The van der Waals surface area contributed by atoms with Crippen molar-refractivity contribution in [2.45, 2.75) is 13.0 Å². The van der Waals surface area contributed by atoms with Gasteiger partial charge in [-0.2, -0.15) is 0 Å². The fourth-order valence-electron chi connectivity index (χ4n) is 1.50. The minimum absolute atomic E-state index is 0.0453. The summed E-state index contributed by atoms with van der Waals surface area (Å²) in [4.78, 5) is 14.6. The Kier molecular flexibility index (Phi) is 3.34. The highest BCUT2D eigenvalue weighted by molar-refractivity contribution is 7.09. The normalized spacial score (nSPS) is 12.1. The molecule has 0 aliphatic carbocycles. The predicted molar refractivity (Wildman–Crippen MR) is 67.2 cm³/mol. The van der Waals surface area contributed by atoms with Gasteiger partial charge in [0.1, 0.15) is 10.7 Å². The van der Waals surface area contributed by atoms with E-state index in [0.717, 1.165) is 5.01 Å². The largest absolute Gasteiger partial charge is 0.371 e. The molecule has 2 aromatic rings. The van der Waals surface area contributed by atoms with E-state index in [4.69, 9.17) is 0 Å². The average Bonchev–Trinajstić information content (AvgIpc) is 2.83. The highest BCUT2D eigenvalue weighted by Gasteiger charge is 2.15. The van der Waals surface area contributed by atoms with Gasteiger partial charge >= 0.3 is 0 Å². The van der Waals surface area contributed by atoms with Crippen molar-refractivity contribution in [3.8, 4) is 0 Å². The molecule has 1 aromatic carbocycles. The van der Waals surface area contributed by atoms with Crippen LogP contribution in [0.1, 0.15) is 18.0 Å². The number of benzene rings is 1. The van der Waals surface area contributed by atoms with Crippen LogP contribution in [-0.4, -0.2) is 9.91 Å². The van der Waals surface area contributed by atoms with E-state index in [9.17, 15) is 10.1 Å². The zero-order chi connectivity index (χ0) is 12.3. The zero-order valence-electron chi connectivity index (χ0n) is 9.16. The number of rotatable bonds is 4. The van der Waals surface area contributed by atoms with Gasteiger partial charge in [0.15, 0.2) is 0 Å². The first-order valence-electron chi connectivity index (χ1n) is 5.08. The number of nitro benzene ring substituents is 1. The first-order valence-corrected chi connectivity index (χ1v) is 5.96. The van der Waals surface area contributed by atoms with Gasteiger partial charge in [0, 0.05) is 17.6 Å². The SMILES string of the molecule is CC(Nc1ccccc1[N+](=O)[O-])c1nccs1. The van der Waals surface area contributed by atoms with Crippen molar-refractivity contribution < 1.29 is 4.92 Å². The van der Waals surface area contributed by atoms with Crippen LogP contribution in [-0.2, 0) is 0 Å². The number of anilines is 1. The molecule has 0 fully saturated rings. The molecular weight excluding hydrogens is 238 g/mol. The molecule has 17 heavy (non-hydrogen) atoms. The summed E-state index contributed by atoms with van der Waals surface area (Å²) < 4.78 is 0. The second-order valence-corrected chi connectivity index (χ2v) is 4.44. The van der Waals surface area contributed by atoms with Crippen LogP contribution in [0.15, 0.2) is 35.8 Å². The van der Waals surface area contributed by atoms with Gasteiger partial charge in [0.25, 0.3) is 5.69 Å². The van der Waals surface area contributed by atoms with Crippen LogP contribution in [0, 0.1) is 10.1 Å². The van der Waals surface area contributed by atoms with Gasteiger partial charge in [-0.3, -0.25) is 10.1 Å². The van der Waals surface area contributed by atoms with Crippen molar-refractivity contribution in [1.29, 1.82) is 0 Å². The highest BCUT2D eigenvalue weighted by atomic mass is 32.1. The summed E-state index contributed by atoms with van der Waals surface area (Å²) in [5.41, 5.74) is 0.594. The molecule has 0 bridgehead atoms. The molecule has 0 amide bonds. The number of hydrogen-bond acceptors (Lipinski definition) is 5. The van der Waals surface area contributed by atoms with Crippen molar-refractivity contribution in [1.82, 2.24) is 4.98 Å². The number of para-hydroxylation sites is 2. The molecule has 6 heteroatoms. The van der Waals surface area contributed by atoms with Gasteiger partial charge < -0.3 is 5.32 Å². The first-order chi connectivity index (χ1) is 8.18. The summed E-state index contributed by atoms with van der Waals surface area (Å²) in [5, 5.41) is 16.7. The molecule has 5 nitrogen and oxygen atoms in total. The Balaban J connectivity index is 2.21. The third-order valence-electron chi connectivity index (χ3n) is 2.29. The van der Waals surface area contributed by atoms with Crippen molar-refractivity contribution in [3.63, 3.8) is 0 Å². The summed E-state index contributed by atoms with van der Waals surface area (Å²) in [6, 6.07) is 6.55. The van der Waals surface area contributed by atoms with Gasteiger partial charge in [0.2, 0.25) is 0 Å². The van der Waals surface area contributed by atoms with E-state index in [1.165, 1.54) is 17.4 Å². The zero-order valence-corrected chi connectivity index (χ0v) is 9.98. The van der Waals surface area contributed by atoms with E-state index in [-0.39, 0.29) is 11.7 Å². The lowest BCUT2D eigenvalue weighted by Gasteiger charge is -2.12. The number of nitro groups is 1. The highest BCUT2D eigenvalue weighted by Crippen LogP contribution is 2.28. The van der Waals surface area contributed by atoms with Gasteiger partial charge in [-0.05, 0) is 13.0 Å². The molecule has 0 saturated heterocycles. The Morgan fingerprint density at radius 2 is 2.24 bits per heavy atom. The molecule has 0 saturated carbocycles. The maximum absolute atomic E-state index is 10.8. The maximum atomic E-state index is 10.8. The number of nitrogens with zero attached hydrogens (tertiary/aromatic N) is 2. The summed E-state index contributed by atoms with van der Waals surface area (Å²) in [6.07, 6.45) is 1.72. The standard InChI is InChI=1S/C11H11N3O2S/c1-8(11-12-6-7-17-11)13-9-4-2-3-5-10(9)14(15)16/h2-8,13H,1H3. The Labute approximate surface area is 102 Å². The molecule has 1 atom stereocenters. The molecular formula is C11H11N3O2S. The fourth-order valence-corrected chi connectivity index (χ4v) is 2.14. The van der Waals surface area contributed by atoms with Gasteiger partial charge in [0.05, 0.1) is 11.0 Å². The molecule has 0 aliphatic heterocycles. The molecule has 0 spiro atoms. The molecule has 0 aliphatic rings. The number of thiazole rings is 1. The quantitative estimate of drug-likeness (QED) is 0.667. The van der Waals surface area contributed by atoms with Crippen LogP contribution in [0.5, 0.6) is 0 Å². The van der Waals surface area contributed by atoms with E-state index in [1.807, 2.05) is 12.3 Å². The van der Waals surface area contributed by atoms with Crippen molar-refractivity contribution in [2.75, 3.05) is 5.32 Å². The van der Waals surface area contributed by atoms with Crippen LogP contribution in [0.25, 0.3) is 0 Å². The number of nitrogens with one attached hydrogen (secondary N) is 1. The first kappa shape index (κ1) is 11.5. The number of hydrogen-bond donors (Lipinski definition) is 1. The molecule has 1 heterocycles. The minimum atomic E-state index is -0.392. The van der Waals surface area contributed by atoms with Gasteiger partial charge in [-0.1, -0.05) is 12.1 Å². The Bertz CT molecular complexity index is 513. The fraction of sp³-hybridized carbons (Fsp3) is 0.182. The van der Waals surface area contributed by atoms with Crippen molar-refractivity contribution >= 4 is 22.7 Å². The van der Waals surface area contributed by atoms with E-state index in [1.54, 1.807) is 24.4 Å². The lowest BCUT2D eigenvalue weighted by molar-refractivity contribution is -0.384. The van der Waals surface area contributed by atoms with E-state index in [0.29, 0.717) is 5.69 Å². The Hall–Kier alpha value is -1.95. The Morgan fingerprint density at radius 3 is 2.88 bits per heavy atom. The van der Waals surface area contributed by atoms with Crippen LogP contribution >= 0.6 is 11.3 Å². The van der Waals surface area contributed by atoms with E-state index < -0.39 is 4.92 Å².